The third-order valence-electron chi connectivity index (χ3n) is 6.89. The number of carbonyl (C=O) groups is 5. The van der Waals surface area contributed by atoms with E-state index in [4.69, 9.17) is 18.9 Å². The molecule has 1 aromatic carbocycles. The first-order valence-corrected chi connectivity index (χ1v) is 19.3. The second-order valence-corrected chi connectivity index (χ2v) is 17.9. The highest BCUT2D eigenvalue weighted by Gasteiger charge is 2.28. The molecule has 0 bridgehead atoms. The van der Waals surface area contributed by atoms with E-state index in [1.165, 1.54) is 17.5 Å². The predicted octanol–water partition coefficient (Wildman–Crippen LogP) is 6.28. The van der Waals surface area contributed by atoms with Crippen LogP contribution in [0.4, 0.5) is 30.0 Å². The molecule has 1 saturated heterocycles. The second-order valence-electron chi connectivity index (χ2n) is 16.9. The first-order chi connectivity index (χ1) is 26.2. The van der Waals surface area contributed by atoms with Gasteiger partial charge in [0.1, 0.15) is 27.3 Å². The van der Waals surface area contributed by atoms with E-state index in [2.05, 4.69) is 36.2 Å². The number of rotatable bonds is 6. The van der Waals surface area contributed by atoms with Gasteiger partial charge in [-0.1, -0.05) is 23.5 Å². The number of ether oxygens (including phenoxy) is 4. The summed E-state index contributed by atoms with van der Waals surface area (Å²) in [6, 6.07) is 7.20. The number of piperazine rings is 1. The van der Waals surface area contributed by atoms with Gasteiger partial charge in [-0.05, 0) is 107 Å². The van der Waals surface area contributed by atoms with Gasteiger partial charge < -0.3 is 34.1 Å². The van der Waals surface area contributed by atoms with Gasteiger partial charge in [0.15, 0.2) is 5.13 Å². The highest BCUT2D eigenvalue weighted by Crippen LogP contribution is 2.25. The minimum Gasteiger partial charge on any atom is -0.444 e. The number of alkyl carbamates (subject to hydrolysis) is 3. The molecule has 1 aliphatic rings. The van der Waals surface area contributed by atoms with Crippen LogP contribution in [0.1, 0.15) is 98.3 Å². The lowest BCUT2D eigenvalue weighted by Gasteiger charge is -2.36. The van der Waals surface area contributed by atoms with Gasteiger partial charge in [0.25, 0.3) is 5.91 Å². The Balaban J connectivity index is 1.59. The van der Waals surface area contributed by atoms with Crippen LogP contribution in [0, 0.1) is 0 Å². The molecule has 0 radical (unpaired) electrons. The summed E-state index contributed by atoms with van der Waals surface area (Å²) >= 11 is 1.24. The minimum absolute atomic E-state index is 0.0197. The first kappa shape index (κ1) is 45.9. The zero-order chi connectivity index (χ0) is 42.8. The number of anilines is 2. The van der Waals surface area contributed by atoms with Gasteiger partial charge in [-0.2, -0.15) is 0 Å². The Hall–Kier alpha value is -5.46. The minimum atomic E-state index is -0.844. The Bertz CT molecular complexity index is 1760. The zero-order valence-electron chi connectivity index (χ0n) is 34.9. The van der Waals surface area contributed by atoms with Crippen molar-refractivity contribution in [2.45, 2.75) is 112 Å². The molecule has 0 unspecified atom stereocenters. The van der Waals surface area contributed by atoms with Crippen molar-refractivity contribution < 1.29 is 42.9 Å². The van der Waals surface area contributed by atoms with Crippen molar-refractivity contribution in [1.29, 1.82) is 0 Å². The van der Waals surface area contributed by atoms with E-state index >= 15 is 0 Å². The third kappa shape index (κ3) is 17.9. The summed E-state index contributed by atoms with van der Waals surface area (Å²) in [5.41, 5.74) is -1.57. The molecule has 314 valence electrons. The molecule has 5 amide bonds. The van der Waals surface area contributed by atoms with E-state index in [9.17, 15) is 24.0 Å². The molecule has 1 aliphatic heterocycles. The Labute approximate surface area is 338 Å². The van der Waals surface area contributed by atoms with Crippen LogP contribution in [0.15, 0.2) is 40.4 Å². The molecule has 1 fully saturated rings. The number of hydrogen-bond donors (Lipinski definition) is 4. The number of nitrogens with zero attached hydrogens (tertiary/aromatic N) is 5. The molecular formula is C38H57N9O9S. The summed E-state index contributed by atoms with van der Waals surface area (Å²) < 4.78 is 21.3. The maximum absolute atomic E-state index is 13.2. The standard InChI is InChI=1S/C38H57N9O9S/c1-35(2,3)53-31(49)42-28(43-32(50)54-36(4,5)6)39-18-17-24-13-15-25(16-14-24)41-27(48)26-23-40-30(57-26)47-21-19-46(20-22-47)29(44-33(51)55-37(7,8)9)45-34(52)56-38(10,11)12/h13-16,23H,17-22H2,1-12H3,(H,41,48)(H,44,45,51,52)(H2,39,42,43,49,50). The van der Waals surface area contributed by atoms with E-state index in [1.807, 2.05) is 17.0 Å². The molecule has 0 aliphatic carbocycles. The van der Waals surface area contributed by atoms with Gasteiger partial charge in [-0.15, -0.1) is 4.99 Å². The van der Waals surface area contributed by atoms with Crippen molar-refractivity contribution in [2.75, 3.05) is 42.9 Å². The number of carbonyl (C=O) groups excluding carboxylic acids is 5. The molecule has 19 heteroatoms. The second kappa shape index (κ2) is 19.1. The summed E-state index contributed by atoms with van der Waals surface area (Å²) in [6.45, 7) is 22.6. The molecule has 0 saturated carbocycles. The predicted molar refractivity (Wildman–Crippen MR) is 218 cm³/mol. The van der Waals surface area contributed by atoms with E-state index in [1.54, 1.807) is 100 Å². The van der Waals surface area contributed by atoms with Crippen LogP contribution >= 0.6 is 11.3 Å². The van der Waals surface area contributed by atoms with Crippen LogP contribution in [0.25, 0.3) is 0 Å². The van der Waals surface area contributed by atoms with Crippen molar-refractivity contribution in [1.82, 2.24) is 25.8 Å². The molecule has 0 atom stereocenters. The maximum Gasteiger partial charge on any atom is 0.437 e. The van der Waals surface area contributed by atoms with Crippen LogP contribution in [-0.4, -0.2) is 107 Å². The smallest absolute Gasteiger partial charge is 0.437 e. The van der Waals surface area contributed by atoms with Crippen LogP contribution in [0.3, 0.4) is 0 Å². The SMILES string of the molecule is CC(C)(C)OC(=O)/N=C(\NC(=O)OC(C)(C)C)N1CCN(c2ncc(C(=O)Nc3ccc(CCN=C(NC(=O)OC(C)(C)C)NC(=O)OC(C)(C)C)cc3)s2)CC1. The van der Waals surface area contributed by atoms with Crippen LogP contribution in [0.2, 0.25) is 0 Å². The maximum atomic E-state index is 13.2. The van der Waals surface area contributed by atoms with Gasteiger partial charge in [0.05, 0.1) is 6.20 Å². The molecule has 0 spiro atoms. The fraction of sp³-hybridized carbons (Fsp3) is 0.579. The summed E-state index contributed by atoms with van der Waals surface area (Å²) in [6.07, 6.45) is -1.18. The third-order valence-corrected chi connectivity index (χ3v) is 7.95. The first-order valence-electron chi connectivity index (χ1n) is 18.5. The Kier molecular flexibility index (Phi) is 15.4. The summed E-state index contributed by atoms with van der Waals surface area (Å²) in [7, 11) is 0. The number of aromatic nitrogens is 1. The van der Waals surface area contributed by atoms with Crippen molar-refractivity contribution in [3.63, 3.8) is 0 Å². The Morgan fingerprint density at radius 1 is 0.702 bits per heavy atom. The fourth-order valence-electron chi connectivity index (χ4n) is 4.72. The quantitative estimate of drug-likeness (QED) is 0.144. The number of guanidine groups is 2. The summed E-state index contributed by atoms with van der Waals surface area (Å²) in [4.78, 5) is 80.0. The van der Waals surface area contributed by atoms with E-state index < -0.39 is 46.8 Å². The number of thiazole rings is 1. The number of aliphatic imine (C=N–C) groups is 2. The fourth-order valence-corrected chi connectivity index (χ4v) is 5.59. The average Bonchev–Trinajstić information content (AvgIpc) is 3.52. The summed E-state index contributed by atoms with van der Waals surface area (Å²) in [5.74, 6) is -0.416. The molecule has 1 aromatic heterocycles. The normalized spacial score (nSPS) is 13.9. The zero-order valence-corrected chi connectivity index (χ0v) is 35.8. The molecule has 2 heterocycles. The van der Waals surface area contributed by atoms with Gasteiger partial charge in [0.2, 0.25) is 11.9 Å². The monoisotopic (exact) mass is 815 g/mol. The van der Waals surface area contributed by atoms with Gasteiger partial charge in [-0.25, -0.2) is 24.2 Å². The van der Waals surface area contributed by atoms with Crippen molar-refractivity contribution in [3.05, 3.63) is 40.9 Å². The van der Waals surface area contributed by atoms with Crippen molar-refractivity contribution in [3.8, 4) is 0 Å². The van der Waals surface area contributed by atoms with Crippen LogP contribution in [0.5, 0.6) is 0 Å². The van der Waals surface area contributed by atoms with Crippen molar-refractivity contribution in [2.24, 2.45) is 9.98 Å². The number of amides is 5. The molecule has 3 rings (SSSR count). The highest BCUT2D eigenvalue weighted by atomic mass is 32.1. The number of benzene rings is 1. The lowest BCUT2D eigenvalue weighted by Crippen LogP contribution is -2.54. The van der Waals surface area contributed by atoms with Gasteiger partial charge >= 0.3 is 24.4 Å². The van der Waals surface area contributed by atoms with Crippen molar-refractivity contribution >= 4 is 64.4 Å². The lowest BCUT2D eigenvalue weighted by atomic mass is 10.1. The van der Waals surface area contributed by atoms with Crippen LogP contribution in [-0.2, 0) is 25.4 Å². The summed E-state index contributed by atoms with van der Waals surface area (Å²) in [5, 5.41) is 11.0. The lowest BCUT2D eigenvalue weighted by molar-refractivity contribution is 0.0527. The van der Waals surface area contributed by atoms with Gasteiger partial charge in [0, 0.05) is 38.4 Å². The molecule has 2 aromatic rings. The highest BCUT2D eigenvalue weighted by molar-refractivity contribution is 7.17. The number of hydrogen-bond acceptors (Lipinski definition) is 13. The van der Waals surface area contributed by atoms with E-state index in [0.29, 0.717) is 48.3 Å². The van der Waals surface area contributed by atoms with E-state index in [-0.39, 0.29) is 24.4 Å². The topological polar surface area (TPSA) is 214 Å². The van der Waals surface area contributed by atoms with Crippen LogP contribution < -0.4 is 26.2 Å². The average molecular weight is 816 g/mol. The Morgan fingerprint density at radius 3 is 1.68 bits per heavy atom. The Morgan fingerprint density at radius 2 is 1.19 bits per heavy atom. The largest absolute Gasteiger partial charge is 0.444 e. The molecule has 57 heavy (non-hydrogen) atoms. The molecule has 18 nitrogen and oxygen atoms in total. The molecule has 4 N–H and O–H groups in total. The number of nitrogens with one attached hydrogen (secondary N) is 4. The van der Waals surface area contributed by atoms with Gasteiger partial charge in [-0.3, -0.25) is 25.7 Å². The molecular weight excluding hydrogens is 759 g/mol. The van der Waals surface area contributed by atoms with E-state index in [0.717, 1.165) is 5.56 Å².